The number of rotatable bonds is 11. The zero-order valence-electron chi connectivity index (χ0n) is 19.5. The first-order valence-electron chi connectivity index (χ1n) is 11.3. The highest BCUT2D eigenvalue weighted by atomic mass is 16.5. The molecule has 0 aliphatic rings. The Morgan fingerprint density at radius 2 is 1.73 bits per heavy atom. The molecule has 0 saturated heterocycles. The quantitative estimate of drug-likeness (QED) is 0.468. The number of carbonyl (C=O) groups excluding carboxylic acids is 2. The molecule has 7 heteroatoms. The van der Waals surface area contributed by atoms with E-state index in [1.807, 2.05) is 68.4 Å². The third kappa shape index (κ3) is 7.20. The molecule has 33 heavy (non-hydrogen) atoms. The molecule has 3 rings (SSSR count). The van der Waals surface area contributed by atoms with Crippen LogP contribution in [0.3, 0.4) is 0 Å². The fourth-order valence-electron chi connectivity index (χ4n) is 3.50. The van der Waals surface area contributed by atoms with E-state index in [1.54, 1.807) is 24.1 Å². The summed E-state index contributed by atoms with van der Waals surface area (Å²) in [7, 11) is 1.77. The lowest BCUT2D eigenvalue weighted by atomic mass is 10.0. The zero-order chi connectivity index (χ0) is 23.6. The van der Waals surface area contributed by atoms with E-state index in [9.17, 15) is 9.59 Å². The summed E-state index contributed by atoms with van der Waals surface area (Å²) in [5, 5.41) is 10.3. The second kappa shape index (κ2) is 11.9. The number of para-hydroxylation sites is 1. The first-order valence-corrected chi connectivity index (χ1v) is 11.3. The highest BCUT2D eigenvalue weighted by Crippen LogP contribution is 2.17. The number of carbonyl (C=O) groups is 2. The van der Waals surface area contributed by atoms with Crippen molar-refractivity contribution in [3.8, 4) is 17.0 Å². The van der Waals surface area contributed by atoms with E-state index in [4.69, 9.17) is 4.74 Å². The Hall–Kier alpha value is -3.61. The van der Waals surface area contributed by atoms with Gasteiger partial charge in [0.25, 0.3) is 5.91 Å². The van der Waals surface area contributed by atoms with Crippen LogP contribution < -0.4 is 10.1 Å². The maximum Gasteiger partial charge on any atom is 0.258 e. The highest BCUT2D eigenvalue weighted by Gasteiger charge is 2.27. The Morgan fingerprint density at radius 1 is 1.06 bits per heavy atom. The molecule has 0 aliphatic heterocycles. The first-order chi connectivity index (χ1) is 15.9. The van der Waals surface area contributed by atoms with Crippen LogP contribution in [-0.4, -0.2) is 53.2 Å². The van der Waals surface area contributed by atoms with Gasteiger partial charge in [0.1, 0.15) is 11.8 Å². The average Bonchev–Trinajstić information content (AvgIpc) is 3.30. The molecule has 2 amide bonds. The molecular weight excluding hydrogens is 416 g/mol. The highest BCUT2D eigenvalue weighted by molar-refractivity contribution is 5.88. The van der Waals surface area contributed by atoms with Crippen LogP contribution in [0.2, 0.25) is 0 Å². The minimum atomic E-state index is -0.598. The van der Waals surface area contributed by atoms with Gasteiger partial charge in [-0.2, -0.15) is 5.10 Å². The van der Waals surface area contributed by atoms with Crippen LogP contribution in [-0.2, 0) is 16.0 Å². The third-order valence-electron chi connectivity index (χ3n) is 5.38. The maximum atomic E-state index is 13.0. The normalized spacial score (nSPS) is 11.8. The Labute approximate surface area is 195 Å². The molecule has 1 atom stereocenters. The number of hydrogen-bond acceptors (Lipinski definition) is 4. The second-order valence-electron chi connectivity index (χ2n) is 8.40. The van der Waals surface area contributed by atoms with E-state index >= 15 is 0 Å². The number of benzene rings is 2. The Morgan fingerprint density at radius 3 is 2.39 bits per heavy atom. The molecule has 0 saturated carbocycles. The van der Waals surface area contributed by atoms with E-state index < -0.39 is 6.04 Å². The summed E-state index contributed by atoms with van der Waals surface area (Å²) in [5.74, 6) is 0.158. The monoisotopic (exact) mass is 448 g/mol. The summed E-state index contributed by atoms with van der Waals surface area (Å²) in [6.07, 6.45) is 1.57. The van der Waals surface area contributed by atoms with Gasteiger partial charge in [-0.05, 0) is 37.0 Å². The number of aryl methyl sites for hydroxylation is 1. The fourth-order valence-corrected chi connectivity index (χ4v) is 3.50. The van der Waals surface area contributed by atoms with Crippen molar-refractivity contribution in [2.75, 3.05) is 20.2 Å². The predicted octanol–water partition coefficient (Wildman–Crippen LogP) is 3.69. The van der Waals surface area contributed by atoms with Gasteiger partial charge in [0.2, 0.25) is 5.91 Å². The number of amides is 2. The molecule has 3 aromatic rings. The molecule has 174 valence electrons. The average molecular weight is 449 g/mol. The van der Waals surface area contributed by atoms with E-state index in [1.165, 1.54) is 0 Å². The molecule has 1 aromatic heterocycles. The van der Waals surface area contributed by atoms with Gasteiger partial charge >= 0.3 is 0 Å². The number of likely N-dealkylation sites (N-methyl/N-ethyl adjacent to an activating group) is 1. The van der Waals surface area contributed by atoms with Crippen LogP contribution in [0, 0.1) is 5.92 Å². The standard InChI is InChI=1S/C26H32N4O3/c1-19(2)25(27-24(31)18-33-22-14-8-5-9-15-22)26(32)30(3)16-10-13-21-17-23(29-28-21)20-11-6-4-7-12-20/h4-9,11-12,14-15,17,19,25H,10,13,16,18H2,1-3H3,(H,27,31)(H,28,29). The fraction of sp³-hybridized carbons (Fsp3) is 0.346. The van der Waals surface area contributed by atoms with Crippen LogP contribution >= 0.6 is 0 Å². The molecular formula is C26H32N4O3. The first kappa shape index (κ1) is 24.0. The van der Waals surface area contributed by atoms with Crippen LogP contribution in [0.1, 0.15) is 26.0 Å². The van der Waals surface area contributed by atoms with Crippen molar-refractivity contribution in [2.45, 2.75) is 32.7 Å². The third-order valence-corrected chi connectivity index (χ3v) is 5.38. The van der Waals surface area contributed by atoms with E-state index in [-0.39, 0.29) is 24.3 Å². The summed E-state index contributed by atoms with van der Waals surface area (Å²) in [6, 6.07) is 20.6. The van der Waals surface area contributed by atoms with Gasteiger partial charge in [0, 0.05) is 24.8 Å². The van der Waals surface area contributed by atoms with E-state index in [2.05, 4.69) is 15.5 Å². The molecule has 0 aliphatic carbocycles. The molecule has 0 spiro atoms. The smallest absolute Gasteiger partial charge is 0.258 e. The molecule has 7 nitrogen and oxygen atoms in total. The van der Waals surface area contributed by atoms with Crippen LogP contribution in [0.5, 0.6) is 5.75 Å². The summed E-state index contributed by atoms with van der Waals surface area (Å²) in [5.41, 5.74) is 3.01. The molecule has 1 unspecified atom stereocenters. The minimum absolute atomic E-state index is 0.0401. The van der Waals surface area contributed by atoms with Crippen LogP contribution in [0.25, 0.3) is 11.3 Å². The van der Waals surface area contributed by atoms with E-state index in [0.29, 0.717) is 12.3 Å². The van der Waals surface area contributed by atoms with Gasteiger partial charge in [0.05, 0.1) is 5.69 Å². The number of nitrogens with zero attached hydrogens (tertiary/aromatic N) is 2. The van der Waals surface area contributed by atoms with Crippen molar-refractivity contribution in [3.63, 3.8) is 0 Å². The van der Waals surface area contributed by atoms with Crippen LogP contribution in [0.15, 0.2) is 66.7 Å². The van der Waals surface area contributed by atoms with Crippen LogP contribution in [0.4, 0.5) is 0 Å². The SMILES string of the molecule is CC(C)C(NC(=O)COc1ccccc1)C(=O)N(C)CCCc1cc(-c2ccccc2)n[nH]1. The number of aromatic nitrogens is 2. The number of nitrogens with one attached hydrogen (secondary N) is 2. The molecule has 2 N–H and O–H groups in total. The lowest BCUT2D eigenvalue weighted by Gasteiger charge is -2.27. The molecule has 0 bridgehead atoms. The molecule has 0 radical (unpaired) electrons. The largest absolute Gasteiger partial charge is 0.484 e. The van der Waals surface area contributed by atoms with Crippen molar-refractivity contribution in [1.82, 2.24) is 20.4 Å². The Bertz CT molecular complexity index is 1020. The molecule has 2 aromatic carbocycles. The maximum absolute atomic E-state index is 13.0. The van der Waals surface area contributed by atoms with Crippen molar-refractivity contribution in [1.29, 1.82) is 0 Å². The van der Waals surface area contributed by atoms with Gasteiger partial charge < -0.3 is 15.0 Å². The Kier molecular flexibility index (Phi) is 8.63. The Balaban J connectivity index is 1.46. The van der Waals surface area contributed by atoms with Crippen molar-refractivity contribution in [3.05, 3.63) is 72.4 Å². The second-order valence-corrected chi connectivity index (χ2v) is 8.40. The zero-order valence-corrected chi connectivity index (χ0v) is 19.5. The lowest BCUT2D eigenvalue weighted by Crippen LogP contribution is -2.51. The van der Waals surface area contributed by atoms with E-state index in [0.717, 1.165) is 29.8 Å². The summed E-state index contributed by atoms with van der Waals surface area (Å²) in [4.78, 5) is 27.0. The number of aromatic amines is 1. The van der Waals surface area contributed by atoms with Crippen molar-refractivity contribution >= 4 is 11.8 Å². The minimum Gasteiger partial charge on any atom is -0.484 e. The topological polar surface area (TPSA) is 87.3 Å². The summed E-state index contributed by atoms with van der Waals surface area (Å²) >= 11 is 0. The van der Waals surface area contributed by atoms with Gasteiger partial charge in [-0.15, -0.1) is 0 Å². The lowest BCUT2D eigenvalue weighted by molar-refractivity contribution is -0.137. The van der Waals surface area contributed by atoms with Crippen molar-refractivity contribution < 1.29 is 14.3 Å². The summed E-state index contributed by atoms with van der Waals surface area (Å²) in [6.45, 7) is 4.29. The van der Waals surface area contributed by atoms with Gasteiger partial charge in [-0.25, -0.2) is 0 Å². The van der Waals surface area contributed by atoms with Gasteiger partial charge in [-0.1, -0.05) is 62.4 Å². The van der Waals surface area contributed by atoms with Gasteiger partial charge in [0.15, 0.2) is 6.61 Å². The number of ether oxygens (including phenoxy) is 1. The summed E-state index contributed by atoms with van der Waals surface area (Å²) < 4.78 is 5.49. The number of H-pyrrole nitrogens is 1. The predicted molar refractivity (Wildman–Crippen MR) is 129 cm³/mol. The molecule has 0 fully saturated rings. The number of hydrogen-bond donors (Lipinski definition) is 2. The van der Waals surface area contributed by atoms with Gasteiger partial charge in [-0.3, -0.25) is 14.7 Å². The molecule has 1 heterocycles. The van der Waals surface area contributed by atoms with Crippen molar-refractivity contribution in [2.24, 2.45) is 5.92 Å².